The Morgan fingerprint density at radius 3 is 0.623 bits per heavy atom. The van der Waals surface area contributed by atoms with Crippen LogP contribution in [-0.4, -0.2) is 12.9 Å². The zero-order chi connectivity index (χ0) is 73.7. The first-order chi connectivity index (χ1) is 48.8. The van der Waals surface area contributed by atoms with Crippen molar-refractivity contribution < 1.29 is 71.8 Å². The van der Waals surface area contributed by atoms with Crippen molar-refractivity contribution >= 4 is 127 Å². The monoisotopic (exact) mass is 1720 g/mol. The minimum atomic E-state index is 0. The van der Waals surface area contributed by atoms with Crippen molar-refractivity contribution in [1.29, 1.82) is 0 Å². The van der Waals surface area contributed by atoms with Gasteiger partial charge in [0.2, 0.25) is 0 Å². The summed E-state index contributed by atoms with van der Waals surface area (Å²) >= 11 is 4.59. The fourth-order valence-corrected chi connectivity index (χ4v) is 13.1. The third-order valence-electron chi connectivity index (χ3n) is 17.3. The van der Waals surface area contributed by atoms with E-state index in [-0.39, 0.29) is 65.9 Å². The van der Waals surface area contributed by atoms with E-state index in [0.29, 0.717) is 0 Å². The molecule has 540 valence electrons. The van der Waals surface area contributed by atoms with Crippen molar-refractivity contribution in [2.45, 2.75) is 121 Å². The predicted molar refractivity (Wildman–Crippen MR) is 475 cm³/mol. The standard InChI is InChI=1S/4C16H13.2C14H17.C3H6.C2H6Si.CH2.4ClH.3Zr/c4*1-12-10-14-8-5-9-15(16(14)11-12)13-6-3-2-4-7-13;2*1-10-8-11-6-5-7-13(12(11)9-10)14(2,3)4;2*1-3-2;;;;;;;;/h4*2-11H,1H3;2*5-9H,1-4H3;2*1-2H3;1H2;4*1H;;;/q6*-1;;;;;;;;3*+2. The van der Waals surface area contributed by atoms with Gasteiger partial charge in [0.25, 0.3) is 0 Å². The van der Waals surface area contributed by atoms with E-state index in [9.17, 15) is 0 Å². The van der Waals surface area contributed by atoms with E-state index < -0.39 is 0 Å². The number of rotatable bonds is 4. The molecule has 0 radical (unpaired) electrons. The summed E-state index contributed by atoms with van der Waals surface area (Å²) in [5.41, 5.74) is 22.1. The number of hydrogen-bond acceptors (Lipinski definition) is 0. The van der Waals surface area contributed by atoms with Crippen LogP contribution in [0, 0.1) is 41.5 Å². The SMILES string of the molecule is C[C](C)=[Zr+2].C[Si](C)=[Zr+2].Cc1cc2c(-c3ccccc3)cccc2[cH-]1.Cc1cc2c(-c3ccccc3)cccc2[cH-]1.Cc1cc2c(-c3ccccc3)cccc2[cH-]1.Cc1cc2c(-c3ccccc3)cccc2[cH-]1.Cc1cc2c(C(C)(C)C)cccc2[cH-]1.Cc1cc2c(C(C)(C)C)cccc2[cH-]1.Cl.Cl.Cl.Cl.[CH2]=[Zr+2]. The molecule has 0 unspecified atom stereocenters. The van der Waals surface area contributed by atoms with Crippen LogP contribution in [0.4, 0.5) is 0 Å². The molecule has 0 N–H and O–H groups in total. The normalized spacial score (nSPS) is 10.4. The van der Waals surface area contributed by atoms with Crippen molar-refractivity contribution in [2.75, 3.05) is 0 Å². The molecule has 0 bridgehead atoms. The molecular formula is C98H104Cl4SiZr3. The molecule has 0 aliphatic carbocycles. The second-order valence-corrected chi connectivity index (χ2v) is 40.8. The van der Waals surface area contributed by atoms with E-state index in [4.69, 9.17) is 0 Å². The first kappa shape index (κ1) is 92.0. The molecule has 0 spiro atoms. The zero-order valence-corrected chi connectivity index (χ0v) is 76.3. The van der Waals surface area contributed by atoms with E-state index >= 15 is 0 Å². The summed E-state index contributed by atoms with van der Waals surface area (Å²) in [7, 11) is 0. The molecule has 0 aliphatic rings. The van der Waals surface area contributed by atoms with Gasteiger partial charge in [-0.2, -0.15) is 36.4 Å². The summed E-state index contributed by atoms with van der Waals surface area (Å²) in [6.45, 7) is 35.4. The van der Waals surface area contributed by atoms with Crippen LogP contribution in [0.2, 0.25) is 13.1 Å². The molecule has 16 rings (SSSR count). The second-order valence-electron chi connectivity index (χ2n) is 29.0. The zero-order valence-electron chi connectivity index (χ0n) is 64.7. The topological polar surface area (TPSA) is 0 Å². The van der Waals surface area contributed by atoms with Gasteiger partial charge in [-0.3, -0.25) is 0 Å². The van der Waals surface area contributed by atoms with Crippen molar-refractivity contribution in [1.82, 2.24) is 0 Å². The van der Waals surface area contributed by atoms with E-state index in [0.717, 1.165) is 0 Å². The molecule has 0 aromatic heterocycles. The Labute approximate surface area is 704 Å². The molecule has 106 heavy (non-hydrogen) atoms. The minimum absolute atomic E-state index is 0. The molecule has 0 saturated heterocycles. The fraction of sp³-hybridized carbons (Fsp3) is 0.184. The molecule has 0 atom stereocenters. The fourth-order valence-electron chi connectivity index (χ4n) is 13.1. The van der Waals surface area contributed by atoms with Crippen LogP contribution >= 0.6 is 49.6 Å². The third kappa shape index (κ3) is 26.5. The molecule has 0 amide bonds. The van der Waals surface area contributed by atoms with Crippen LogP contribution in [0.1, 0.15) is 99.9 Å². The van der Waals surface area contributed by atoms with Crippen molar-refractivity contribution in [3.05, 3.63) is 348 Å². The maximum atomic E-state index is 3.34. The summed E-state index contributed by atoms with van der Waals surface area (Å²) in [4.78, 5) is 0. The van der Waals surface area contributed by atoms with E-state index in [1.807, 2.05) is 0 Å². The molecule has 0 fully saturated rings. The van der Waals surface area contributed by atoms with Gasteiger partial charge in [0.15, 0.2) is 0 Å². The van der Waals surface area contributed by atoms with Crippen LogP contribution < -0.4 is 0 Å². The Bertz CT molecular complexity index is 4740. The summed E-state index contributed by atoms with van der Waals surface area (Å²) in [6.07, 6.45) is 0. The summed E-state index contributed by atoms with van der Waals surface area (Å²) < 4.78 is 4.85. The van der Waals surface area contributed by atoms with E-state index in [1.54, 1.807) is 47.6 Å². The van der Waals surface area contributed by atoms with Gasteiger partial charge in [-0.05, 0) is 33.1 Å². The quantitative estimate of drug-likeness (QED) is 0.122. The summed E-state index contributed by atoms with van der Waals surface area (Å²) in [6, 6.07) is 108. The van der Waals surface area contributed by atoms with Crippen LogP contribution in [0.5, 0.6) is 0 Å². The molecule has 16 aromatic carbocycles. The van der Waals surface area contributed by atoms with Gasteiger partial charge in [0, 0.05) is 0 Å². The van der Waals surface area contributed by atoms with Gasteiger partial charge in [-0.1, -0.05) is 274 Å². The first-order valence-corrected chi connectivity index (χ1v) is 44.5. The Kier molecular flexibility index (Phi) is 38.5. The molecular weight excluding hydrogens is 1620 g/mol. The van der Waals surface area contributed by atoms with Crippen LogP contribution in [0.25, 0.3) is 109 Å². The third-order valence-corrected chi connectivity index (χ3v) is 17.3. The van der Waals surface area contributed by atoms with Gasteiger partial charge in [-0.15, -0.1) is 257 Å². The number of benzene rings is 10. The van der Waals surface area contributed by atoms with Crippen molar-refractivity contribution in [3.8, 4) is 44.5 Å². The summed E-state index contributed by atoms with van der Waals surface area (Å²) in [5, 5.41) is 16.3. The number of fused-ring (bicyclic) bond motifs is 6. The van der Waals surface area contributed by atoms with Crippen molar-refractivity contribution in [3.63, 3.8) is 0 Å². The average Bonchev–Trinajstić information content (AvgIpc) is 1.60. The number of halogens is 4. The van der Waals surface area contributed by atoms with E-state index in [2.05, 4.69) is 418 Å². The Hall–Kier alpha value is -6.37. The second kappa shape index (κ2) is 44.3. The molecule has 8 heteroatoms. The van der Waals surface area contributed by atoms with E-state index in [1.165, 1.54) is 181 Å². The molecule has 0 aliphatic heterocycles. The first-order valence-electron chi connectivity index (χ1n) is 35.4. The van der Waals surface area contributed by atoms with Crippen LogP contribution in [0.3, 0.4) is 0 Å². The van der Waals surface area contributed by atoms with Gasteiger partial charge >= 0.3 is 112 Å². The average molecular weight is 1730 g/mol. The van der Waals surface area contributed by atoms with Crippen LogP contribution in [-0.2, 0) is 82.6 Å². The Balaban J connectivity index is 0.000000260. The predicted octanol–water partition coefficient (Wildman–Crippen LogP) is 29.6. The Morgan fingerprint density at radius 1 is 0.283 bits per heavy atom. The van der Waals surface area contributed by atoms with Gasteiger partial charge in [-0.25, -0.2) is 0 Å². The van der Waals surface area contributed by atoms with Crippen LogP contribution in [0.15, 0.2) is 303 Å². The van der Waals surface area contributed by atoms with Crippen molar-refractivity contribution in [2.24, 2.45) is 0 Å². The molecule has 0 nitrogen and oxygen atoms in total. The van der Waals surface area contributed by atoms with Gasteiger partial charge in [0.05, 0.1) is 0 Å². The molecule has 16 aromatic rings. The maximum absolute atomic E-state index is 3.34. The number of hydrogen-bond donors (Lipinski definition) is 0. The number of aryl methyl sites for hydroxylation is 6. The summed E-state index contributed by atoms with van der Waals surface area (Å²) in [5.74, 6) is 0. The Morgan fingerprint density at radius 2 is 0.443 bits per heavy atom. The van der Waals surface area contributed by atoms with Gasteiger partial charge < -0.3 is 0 Å². The molecule has 0 saturated carbocycles. The van der Waals surface area contributed by atoms with Gasteiger partial charge in [0.1, 0.15) is 0 Å². The molecule has 0 heterocycles.